The number of ether oxygens (including phenoxy) is 1. The highest BCUT2D eigenvalue weighted by Gasteiger charge is 2.20. The Labute approximate surface area is 111 Å². The maximum absolute atomic E-state index is 5.55. The molecule has 18 heavy (non-hydrogen) atoms. The Kier molecular flexibility index (Phi) is 5.06. The normalized spacial score (nSPS) is 16.1. The van der Waals surface area contributed by atoms with Gasteiger partial charge in [0.2, 0.25) is 0 Å². The molecule has 1 aromatic rings. The summed E-state index contributed by atoms with van der Waals surface area (Å²) < 4.78 is 5.52. The van der Waals surface area contributed by atoms with E-state index in [2.05, 4.69) is 18.2 Å². The van der Waals surface area contributed by atoms with Crippen molar-refractivity contribution in [3.05, 3.63) is 29.3 Å². The first-order valence-corrected chi connectivity index (χ1v) is 7.22. The maximum Gasteiger partial charge on any atom is 0.122 e. The van der Waals surface area contributed by atoms with Gasteiger partial charge >= 0.3 is 0 Å². The summed E-state index contributed by atoms with van der Waals surface area (Å²) in [6.45, 7) is 0.797. The molecule has 0 spiro atoms. The van der Waals surface area contributed by atoms with Crippen molar-refractivity contribution < 1.29 is 4.74 Å². The Morgan fingerprint density at radius 2 is 2.00 bits per heavy atom. The first kappa shape index (κ1) is 13.4. The van der Waals surface area contributed by atoms with Crippen molar-refractivity contribution in [2.45, 2.75) is 50.9 Å². The highest BCUT2D eigenvalue weighted by atomic mass is 16.5. The first-order chi connectivity index (χ1) is 8.85. The lowest BCUT2D eigenvalue weighted by Gasteiger charge is -2.16. The van der Waals surface area contributed by atoms with Crippen LogP contribution in [0.1, 0.15) is 55.6 Å². The molecule has 1 fully saturated rings. The highest BCUT2D eigenvalue weighted by molar-refractivity contribution is 5.40. The van der Waals surface area contributed by atoms with E-state index in [1.165, 1.54) is 43.2 Å². The van der Waals surface area contributed by atoms with Crippen molar-refractivity contribution >= 4 is 0 Å². The van der Waals surface area contributed by atoms with Gasteiger partial charge in [0.1, 0.15) is 5.75 Å². The first-order valence-electron chi connectivity index (χ1n) is 7.22. The van der Waals surface area contributed by atoms with E-state index < -0.39 is 0 Å². The number of hydrogen-bond donors (Lipinski definition) is 1. The van der Waals surface area contributed by atoms with Crippen LogP contribution < -0.4 is 10.5 Å². The van der Waals surface area contributed by atoms with Gasteiger partial charge in [0.25, 0.3) is 0 Å². The van der Waals surface area contributed by atoms with Crippen LogP contribution in [-0.4, -0.2) is 13.7 Å². The van der Waals surface area contributed by atoms with Crippen molar-refractivity contribution in [1.82, 2.24) is 0 Å². The van der Waals surface area contributed by atoms with Crippen molar-refractivity contribution in [1.29, 1.82) is 0 Å². The summed E-state index contributed by atoms with van der Waals surface area (Å²) >= 11 is 0. The zero-order chi connectivity index (χ0) is 12.8. The molecule has 0 saturated heterocycles. The average molecular weight is 247 g/mol. The molecule has 2 rings (SSSR count). The molecule has 1 aliphatic carbocycles. The van der Waals surface area contributed by atoms with Crippen LogP contribution in [0.5, 0.6) is 5.75 Å². The molecule has 2 nitrogen and oxygen atoms in total. The number of hydrogen-bond acceptors (Lipinski definition) is 2. The van der Waals surface area contributed by atoms with Gasteiger partial charge in [-0.05, 0) is 61.8 Å². The van der Waals surface area contributed by atoms with Crippen LogP contribution in [0.15, 0.2) is 18.2 Å². The van der Waals surface area contributed by atoms with E-state index in [1.54, 1.807) is 7.11 Å². The van der Waals surface area contributed by atoms with Gasteiger partial charge in [0.05, 0.1) is 7.11 Å². The van der Waals surface area contributed by atoms with E-state index in [9.17, 15) is 0 Å². The van der Waals surface area contributed by atoms with Gasteiger partial charge in [-0.15, -0.1) is 0 Å². The number of rotatable bonds is 6. The van der Waals surface area contributed by atoms with Crippen molar-refractivity contribution in [3.63, 3.8) is 0 Å². The Hall–Kier alpha value is -1.02. The van der Waals surface area contributed by atoms with Gasteiger partial charge in [0, 0.05) is 0 Å². The van der Waals surface area contributed by atoms with Gasteiger partial charge in [0.15, 0.2) is 0 Å². The van der Waals surface area contributed by atoms with Crippen molar-refractivity contribution in [2.75, 3.05) is 13.7 Å². The second-order valence-electron chi connectivity index (χ2n) is 5.30. The molecular weight excluding hydrogens is 222 g/mol. The van der Waals surface area contributed by atoms with Crippen LogP contribution in [0.4, 0.5) is 0 Å². The Balaban J connectivity index is 2.11. The van der Waals surface area contributed by atoms with E-state index in [-0.39, 0.29) is 0 Å². The van der Waals surface area contributed by atoms with Crippen LogP contribution in [-0.2, 0) is 6.42 Å². The van der Waals surface area contributed by atoms with Crippen LogP contribution in [0.3, 0.4) is 0 Å². The minimum Gasteiger partial charge on any atom is -0.496 e. The lowest BCUT2D eigenvalue weighted by Crippen LogP contribution is -2.01. The standard InChI is InChI=1S/C16H25NO/c1-18-16-10-9-13(6-4-5-11-17)12-15(16)14-7-2-3-8-14/h9-10,12,14H,2-8,11,17H2,1H3. The quantitative estimate of drug-likeness (QED) is 0.779. The summed E-state index contributed by atoms with van der Waals surface area (Å²) in [4.78, 5) is 0. The van der Waals surface area contributed by atoms with Gasteiger partial charge < -0.3 is 10.5 Å². The molecule has 1 aliphatic rings. The Morgan fingerprint density at radius 1 is 1.22 bits per heavy atom. The van der Waals surface area contributed by atoms with Crippen LogP contribution in [0.2, 0.25) is 0 Å². The molecule has 0 radical (unpaired) electrons. The molecule has 2 heteroatoms. The second kappa shape index (κ2) is 6.79. The predicted molar refractivity (Wildman–Crippen MR) is 76.2 cm³/mol. The van der Waals surface area contributed by atoms with E-state index in [1.807, 2.05) is 0 Å². The lowest BCUT2D eigenvalue weighted by molar-refractivity contribution is 0.405. The molecule has 0 unspecified atom stereocenters. The van der Waals surface area contributed by atoms with Crippen molar-refractivity contribution in [2.24, 2.45) is 5.73 Å². The van der Waals surface area contributed by atoms with Gasteiger partial charge in [-0.1, -0.05) is 25.0 Å². The fraction of sp³-hybridized carbons (Fsp3) is 0.625. The number of unbranched alkanes of at least 4 members (excludes halogenated alkanes) is 1. The van der Waals surface area contributed by atoms with Crippen LogP contribution in [0.25, 0.3) is 0 Å². The molecule has 0 atom stereocenters. The highest BCUT2D eigenvalue weighted by Crippen LogP contribution is 2.39. The van der Waals surface area contributed by atoms with E-state index in [0.717, 1.165) is 31.1 Å². The molecule has 0 amide bonds. The molecular formula is C16H25NO. The third kappa shape index (κ3) is 3.26. The number of nitrogens with two attached hydrogens (primary N) is 1. The zero-order valence-corrected chi connectivity index (χ0v) is 11.5. The summed E-state index contributed by atoms with van der Waals surface area (Å²) in [7, 11) is 1.78. The fourth-order valence-corrected chi connectivity index (χ4v) is 2.97. The topological polar surface area (TPSA) is 35.2 Å². The minimum absolute atomic E-state index is 0.717. The SMILES string of the molecule is COc1ccc(CCCCN)cc1C1CCCC1. The van der Waals surface area contributed by atoms with E-state index >= 15 is 0 Å². The largest absolute Gasteiger partial charge is 0.496 e. The van der Waals surface area contributed by atoms with Crippen LogP contribution >= 0.6 is 0 Å². The summed E-state index contributed by atoms with van der Waals surface area (Å²) in [5.74, 6) is 1.79. The summed E-state index contributed by atoms with van der Waals surface area (Å²) in [5, 5.41) is 0. The monoisotopic (exact) mass is 247 g/mol. The lowest BCUT2D eigenvalue weighted by atomic mass is 9.93. The molecule has 1 saturated carbocycles. The van der Waals surface area contributed by atoms with Gasteiger partial charge in [-0.3, -0.25) is 0 Å². The third-order valence-electron chi connectivity index (χ3n) is 4.01. The van der Waals surface area contributed by atoms with E-state index in [4.69, 9.17) is 10.5 Å². The third-order valence-corrected chi connectivity index (χ3v) is 4.01. The van der Waals surface area contributed by atoms with E-state index in [0.29, 0.717) is 0 Å². The minimum atomic E-state index is 0.717. The van der Waals surface area contributed by atoms with Gasteiger partial charge in [-0.2, -0.15) is 0 Å². The molecule has 100 valence electrons. The molecule has 0 aromatic heterocycles. The summed E-state index contributed by atoms with van der Waals surface area (Å²) in [6.07, 6.45) is 8.82. The van der Waals surface area contributed by atoms with Crippen LogP contribution in [0, 0.1) is 0 Å². The predicted octanol–water partition coefficient (Wildman–Crippen LogP) is 3.63. The molecule has 0 heterocycles. The van der Waals surface area contributed by atoms with Crippen molar-refractivity contribution in [3.8, 4) is 5.75 Å². The van der Waals surface area contributed by atoms with Gasteiger partial charge in [-0.25, -0.2) is 0 Å². The average Bonchev–Trinajstić information content (AvgIpc) is 2.93. The number of aryl methyl sites for hydroxylation is 1. The molecule has 2 N–H and O–H groups in total. The number of benzene rings is 1. The molecule has 1 aromatic carbocycles. The maximum atomic E-state index is 5.55. The summed E-state index contributed by atoms with van der Waals surface area (Å²) in [5.41, 5.74) is 8.41. The molecule has 0 aliphatic heterocycles. The zero-order valence-electron chi connectivity index (χ0n) is 11.5. The summed E-state index contributed by atoms with van der Waals surface area (Å²) in [6, 6.07) is 6.71. The fourth-order valence-electron chi connectivity index (χ4n) is 2.97. The number of methoxy groups -OCH3 is 1. The second-order valence-corrected chi connectivity index (χ2v) is 5.30. The Bertz CT molecular complexity index is 369. The Morgan fingerprint density at radius 3 is 2.67 bits per heavy atom. The molecule has 0 bridgehead atoms. The smallest absolute Gasteiger partial charge is 0.122 e.